The molecular formula is C4H2Cl6F2. The van der Waals surface area contributed by atoms with Gasteiger partial charge >= 0.3 is 0 Å². The summed E-state index contributed by atoms with van der Waals surface area (Å²) in [6.45, 7) is 0. The number of rotatable bonds is 1. The zero-order chi connectivity index (χ0) is 10.2. The molecule has 0 fully saturated rings. The highest BCUT2D eigenvalue weighted by Crippen LogP contribution is 2.43. The topological polar surface area (TPSA) is 0 Å². The summed E-state index contributed by atoms with van der Waals surface area (Å²) in [5.41, 5.74) is 0. The molecule has 0 nitrogen and oxygen atoms in total. The highest BCUT2D eigenvalue weighted by molar-refractivity contribution is 6.69. The van der Waals surface area contributed by atoms with E-state index >= 15 is 0 Å². The second-order valence-electron chi connectivity index (χ2n) is 1.89. The van der Waals surface area contributed by atoms with Crippen LogP contribution in [-0.4, -0.2) is 19.9 Å². The van der Waals surface area contributed by atoms with Gasteiger partial charge in [-0.15, -0.1) is 0 Å². The third-order valence-electron chi connectivity index (χ3n) is 0.882. The molecule has 2 unspecified atom stereocenters. The van der Waals surface area contributed by atoms with Crippen molar-refractivity contribution in [3.8, 4) is 0 Å². The van der Waals surface area contributed by atoms with Crippen LogP contribution in [0.4, 0.5) is 8.78 Å². The minimum absolute atomic E-state index is 2.44. The number of alkyl halides is 8. The summed E-state index contributed by atoms with van der Waals surface area (Å²) in [5, 5.41) is 0. The van der Waals surface area contributed by atoms with Crippen LogP contribution in [0.2, 0.25) is 0 Å². The van der Waals surface area contributed by atoms with Gasteiger partial charge in [0.25, 0.3) is 0 Å². The van der Waals surface area contributed by atoms with Crippen LogP contribution in [0.5, 0.6) is 0 Å². The van der Waals surface area contributed by atoms with Gasteiger partial charge in [0.1, 0.15) is 0 Å². The summed E-state index contributed by atoms with van der Waals surface area (Å²) in [4.78, 5) is 0. The van der Waals surface area contributed by atoms with Crippen molar-refractivity contribution in [3.63, 3.8) is 0 Å². The molecule has 12 heavy (non-hydrogen) atoms. The molecular weight excluding hydrogens is 299 g/mol. The van der Waals surface area contributed by atoms with Crippen LogP contribution in [0.25, 0.3) is 0 Å². The molecule has 0 aromatic rings. The van der Waals surface area contributed by atoms with E-state index in [2.05, 4.69) is 0 Å². The van der Waals surface area contributed by atoms with Gasteiger partial charge in [-0.05, 0) is 0 Å². The van der Waals surface area contributed by atoms with Crippen LogP contribution in [-0.2, 0) is 0 Å². The van der Waals surface area contributed by atoms with Crippen LogP contribution >= 0.6 is 69.6 Å². The Bertz CT molecular complexity index is 131. The van der Waals surface area contributed by atoms with Gasteiger partial charge in [0.15, 0.2) is 12.3 Å². The fourth-order valence-electron chi connectivity index (χ4n) is 0.332. The van der Waals surface area contributed by atoms with Crippen molar-refractivity contribution in [1.29, 1.82) is 0 Å². The average molecular weight is 301 g/mol. The van der Waals surface area contributed by atoms with Gasteiger partial charge in [0, 0.05) is 0 Å². The molecule has 0 amide bonds. The van der Waals surface area contributed by atoms with Crippen molar-refractivity contribution in [2.75, 3.05) is 0 Å². The van der Waals surface area contributed by atoms with E-state index in [4.69, 9.17) is 69.6 Å². The predicted molar refractivity (Wildman–Crippen MR) is 50.4 cm³/mol. The lowest BCUT2D eigenvalue weighted by Gasteiger charge is -2.24. The van der Waals surface area contributed by atoms with E-state index in [1.54, 1.807) is 0 Å². The lowest BCUT2D eigenvalue weighted by molar-refractivity contribution is 0.172. The van der Waals surface area contributed by atoms with Crippen LogP contribution < -0.4 is 0 Å². The zero-order valence-electron chi connectivity index (χ0n) is 5.18. The van der Waals surface area contributed by atoms with Gasteiger partial charge in [-0.3, -0.25) is 0 Å². The van der Waals surface area contributed by atoms with Gasteiger partial charge < -0.3 is 0 Å². The summed E-state index contributed by atoms with van der Waals surface area (Å²) in [6.07, 6.45) is -4.98. The fraction of sp³-hybridized carbons (Fsp3) is 1.00. The third kappa shape index (κ3) is 4.21. The van der Waals surface area contributed by atoms with Crippen LogP contribution in [0.1, 0.15) is 0 Å². The van der Waals surface area contributed by atoms with E-state index in [9.17, 15) is 8.78 Å². The highest BCUT2D eigenvalue weighted by atomic mass is 35.6. The Morgan fingerprint density at radius 3 is 0.917 bits per heavy atom. The molecule has 0 spiro atoms. The lowest BCUT2D eigenvalue weighted by Crippen LogP contribution is -2.39. The molecule has 74 valence electrons. The van der Waals surface area contributed by atoms with Gasteiger partial charge in [0.05, 0.1) is 0 Å². The lowest BCUT2D eigenvalue weighted by atomic mass is 10.3. The van der Waals surface area contributed by atoms with Gasteiger partial charge in [0.2, 0.25) is 7.59 Å². The molecule has 0 heterocycles. The highest BCUT2D eigenvalue weighted by Gasteiger charge is 2.48. The molecule has 0 aromatic heterocycles. The maximum absolute atomic E-state index is 12.8. The van der Waals surface area contributed by atoms with Crippen molar-refractivity contribution < 1.29 is 8.78 Å². The second kappa shape index (κ2) is 4.41. The first kappa shape index (κ1) is 13.6. The van der Waals surface area contributed by atoms with Gasteiger partial charge in [-0.25, -0.2) is 8.78 Å². The predicted octanol–water partition coefficient (Wildman–Crippen LogP) is 4.40. The number of hydrogen-bond donors (Lipinski definition) is 0. The van der Waals surface area contributed by atoms with Crippen LogP contribution in [0.3, 0.4) is 0 Å². The molecule has 0 aromatic carbocycles. The Morgan fingerprint density at radius 2 is 0.833 bits per heavy atom. The second-order valence-corrected chi connectivity index (χ2v) is 6.62. The molecule has 0 bridgehead atoms. The van der Waals surface area contributed by atoms with Gasteiger partial charge in [-0.1, -0.05) is 69.6 Å². The molecule has 0 radical (unpaired) electrons. The molecule has 0 rings (SSSR count). The summed E-state index contributed by atoms with van der Waals surface area (Å²) in [6, 6.07) is 0. The third-order valence-corrected chi connectivity index (χ3v) is 2.13. The smallest absolute Gasteiger partial charge is 0.224 e. The molecule has 8 heteroatoms. The largest absolute Gasteiger partial charge is 0.239 e. The summed E-state index contributed by atoms with van der Waals surface area (Å²) >= 11 is 30.1. The van der Waals surface area contributed by atoms with E-state index in [0.717, 1.165) is 0 Å². The zero-order valence-corrected chi connectivity index (χ0v) is 9.71. The maximum Gasteiger partial charge on any atom is 0.224 e. The minimum atomic E-state index is -2.49. The SMILES string of the molecule is FC(C(F)C(Cl)(Cl)Cl)C(Cl)(Cl)Cl. The Hall–Kier alpha value is 1.60. The average Bonchev–Trinajstić information content (AvgIpc) is 1.80. The van der Waals surface area contributed by atoms with Crippen LogP contribution in [0, 0.1) is 0 Å². The first-order valence-electron chi connectivity index (χ1n) is 2.48. The Labute approximate surface area is 98.0 Å². The normalized spacial score (nSPS) is 19.0. The molecule has 0 aliphatic heterocycles. The first-order valence-corrected chi connectivity index (χ1v) is 4.75. The van der Waals surface area contributed by atoms with Gasteiger partial charge in [-0.2, -0.15) is 0 Å². The monoisotopic (exact) mass is 298 g/mol. The fourth-order valence-corrected chi connectivity index (χ4v) is 0.996. The summed E-state index contributed by atoms with van der Waals surface area (Å²) < 4.78 is 20.7. The van der Waals surface area contributed by atoms with Crippen molar-refractivity contribution in [2.24, 2.45) is 0 Å². The van der Waals surface area contributed by atoms with E-state index in [1.165, 1.54) is 0 Å². The Balaban J connectivity index is 4.41. The quantitative estimate of drug-likeness (QED) is 0.630. The first-order chi connectivity index (χ1) is 5.07. The number of halogens is 8. The standard InChI is InChI=1S/C4H2Cl6F2/c5-3(6,7)1(11)2(12)4(8,9)10/h1-2H. The van der Waals surface area contributed by atoms with Crippen molar-refractivity contribution in [2.45, 2.75) is 19.9 Å². The van der Waals surface area contributed by atoms with E-state index < -0.39 is 19.9 Å². The molecule has 0 saturated heterocycles. The Morgan fingerprint density at radius 1 is 0.667 bits per heavy atom. The van der Waals surface area contributed by atoms with E-state index in [1.807, 2.05) is 0 Å². The van der Waals surface area contributed by atoms with E-state index in [-0.39, 0.29) is 0 Å². The molecule has 0 saturated carbocycles. The molecule has 0 aliphatic rings. The minimum Gasteiger partial charge on any atom is -0.239 e. The van der Waals surface area contributed by atoms with Crippen molar-refractivity contribution in [1.82, 2.24) is 0 Å². The summed E-state index contributed by atoms with van der Waals surface area (Å²) in [5.74, 6) is 0. The van der Waals surface area contributed by atoms with Crippen molar-refractivity contribution >= 4 is 69.6 Å². The van der Waals surface area contributed by atoms with Crippen molar-refractivity contribution in [3.05, 3.63) is 0 Å². The molecule has 2 atom stereocenters. The number of hydrogen-bond acceptors (Lipinski definition) is 0. The van der Waals surface area contributed by atoms with E-state index in [0.29, 0.717) is 0 Å². The summed E-state index contributed by atoms with van der Waals surface area (Å²) in [7, 11) is 0. The molecule has 0 aliphatic carbocycles. The maximum atomic E-state index is 12.8. The van der Waals surface area contributed by atoms with Crippen LogP contribution in [0.15, 0.2) is 0 Å². The molecule has 0 N–H and O–H groups in total. The Kier molecular flexibility index (Phi) is 5.00.